The molecular formula is C15H22N4O3. The van der Waals surface area contributed by atoms with Crippen molar-refractivity contribution in [3.63, 3.8) is 0 Å². The van der Waals surface area contributed by atoms with E-state index in [1.165, 1.54) is 0 Å². The molecule has 0 aliphatic heterocycles. The zero-order chi connectivity index (χ0) is 16.7. The Morgan fingerprint density at radius 2 is 1.91 bits per heavy atom. The number of oxime groups is 2. The molecule has 0 aromatic heterocycles. The van der Waals surface area contributed by atoms with E-state index in [1.54, 1.807) is 18.9 Å². The molecule has 7 heteroatoms. The van der Waals surface area contributed by atoms with Crippen molar-refractivity contribution < 1.29 is 14.8 Å². The van der Waals surface area contributed by atoms with Crippen LogP contribution in [0.3, 0.4) is 0 Å². The average molecular weight is 306 g/mol. The van der Waals surface area contributed by atoms with Crippen LogP contribution in [-0.2, 0) is 4.84 Å². The highest BCUT2D eigenvalue weighted by Crippen LogP contribution is 2.11. The van der Waals surface area contributed by atoms with E-state index in [0.29, 0.717) is 17.8 Å². The summed E-state index contributed by atoms with van der Waals surface area (Å²) in [6, 6.07) is 5.73. The smallest absolute Gasteiger partial charge is 0.253 e. The Labute approximate surface area is 130 Å². The second-order valence-corrected chi connectivity index (χ2v) is 5.23. The lowest BCUT2D eigenvalue weighted by Gasteiger charge is -2.17. The van der Waals surface area contributed by atoms with Crippen LogP contribution in [0.15, 0.2) is 28.5 Å². The molecule has 1 aromatic carbocycles. The first-order valence-electron chi connectivity index (χ1n) is 6.79. The summed E-state index contributed by atoms with van der Waals surface area (Å²) in [4.78, 5) is 18.8. The molecule has 22 heavy (non-hydrogen) atoms. The molecule has 1 rings (SSSR count). The third-order valence-electron chi connectivity index (χ3n) is 2.84. The molecule has 120 valence electrons. The van der Waals surface area contributed by atoms with Crippen molar-refractivity contribution in [2.45, 2.75) is 20.8 Å². The van der Waals surface area contributed by atoms with E-state index in [0.717, 1.165) is 11.1 Å². The summed E-state index contributed by atoms with van der Waals surface area (Å²) in [5.74, 6) is -0.158. The fraction of sp³-hybridized carbons (Fsp3) is 0.400. The molecule has 0 unspecified atom stereocenters. The molecule has 3 N–H and O–H groups in total. The average Bonchev–Trinajstić information content (AvgIpc) is 2.44. The SMILES string of the molecule is C/C(CN(C)C(=O)c1cc(C)cc(C)c1)=N\OC/C(N)=N\O. The van der Waals surface area contributed by atoms with Gasteiger partial charge in [-0.05, 0) is 32.9 Å². The van der Waals surface area contributed by atoms with E-state index >= 15 is 0 Å². The first-order valence-corrected chi connectivity index (χ1v) is 6.79. The summed E-state index contributed by atoms with van der Waals surface area (Å²) in [6.45, 7) is 5.86. The van der Waals surface area contributed by atoms with E-state index in [9.17, 15) is 4.79 Å². The van der Waals surface area contributed by atoms with E-state index in [-0.39, 0.29) is 18.3 Å². The number of rotatable bonds is 6. The van der Waals surface area contributed by atoms with Crippen LogP contribution in [0.5, 0.6) is 0 Å². The Balaban J connectivity index is 2.65. The largest absolute Gasteiger partial charge is 0.409 e. The van der Waals surface area contributed by atoms with Crippen molar-refractivity contribution in [2.24, 2.45) is 16.0 Å². The van der Waals surface area contributed by atoms with Gasteiger partial charge in [0.15, 0.2) is 12.4 Å². The van der Waals surface area contributed by atoms with Gasteiger partial charge >= 0.3 is 0 Å². The third-order valence-corrected chi connectivity index (χ3v) is 2.84. The van der Waals surface area contributed by atoms with E-state index in [4.69, 9.17) is 15.8 Å². The monoisotopic (exact) mass is 306 g/mol. The third kappa shape index (κ3) is 5.43. The van der Waals surface area contributed by atoms with Crippen molar-refractivity contribution >= 4 is 17.5 Å². The van der Waals surface area contributed by atoms with Gasteiger partial charge in [0.1, 0.15) is 0 Å². The summed E-state index contributed by atoms with van der Waals surface area (Å²) in [5, 5.41) is 15.0. The highest BCUT2D eigenvalue weighted by molar-refractivity contribution is 5.97. The van der Waals surface area contributed by atoms with Crippen molar-refractivity contribution in [2.75, 3.05) is 20.2 Å². The van der Waals surface area contributed by atoms with Crippen LogP contribution in [0.1, 0.15) is 28.4 Å². The maximum atomic E-state index is 12.4. The normalized spacial score (nSPS) is 12.2. The maximum absolute atomic E-state index is 12.4. The Morgan fingerprint density at radius 1 is 1.32 bits per heavy atom. The lowest BCUT2D eigenvalue weighted by Crippen LogP contribution is -2.31. The predicted octanol–water partition coefficient (Wildman–Crippen LogP) is 1.51. The first kappa shape index (κ1) is 17.5. The Morgan fingerprint density at radius 3 is 2.45 bits per heavy atom. The number of nitrogens with zero attached hydrogens (tertiary/aromatic N) is 3. The molecule has 0 aliphatic rings. The predicted molar refractivity (Wildman–Crippen MR) is 85.3 cm³/mol. The standard InChI is InChI=1S/C15H22N4O3/c1-10-5-11(2)7-13(6-10)15(20)19(4)8-12(3)18-22-9-14(16)17-21/h5-7,21H,8-9H2,1-4H3,(H2,16,17)/b18-12+. The lowest BCUT2D eigenvalue weighted by atomic mass is 10.1. The van der Waals surface area contributed by atoms with Crippen LogP contribution in [-0.4, -0.2) is 47.8 Å². The zero-order valence-corrected chi connectivity index (χ0v) is 13.3. The topological polar surface area (TPSA) is 101 Å². The highest BCUT2D eigenvalue weighted by atomic mass is 16.6. The van der Waals surface area contributed by atoms with Gasteiger partial charge in [-0.3, -0.25) is 4.79 Å². The molecule has 0 aliphatic carbocycles. The van der Waals surface area contributed by atoms with Crippen molar-refractivity contribution in [1.82, 2.24) is 4.90 Å². The number of amides is 1. The second-order valence-electron chi connectivity index (χ2n) is 5.23. The van der Waals surface area contributed by atoms with Gasteiger partial charge in [0.2, 0.25) is 0 Å². The van der Waals surface area contributed by atoms with E-state index < -0.39 is 0 Å². The Bertz CT molecular complexity index is 576. The Hall–Kier alpha value is -2.57. The molecule has 0 bridgehead atoms. The fourth-order valence-electron chi connectivity index (χ4n) is 2.00. The molecule has 0 heterocycles. The van der Waals surface area contributed by atoms with Gasteiger partial charge in [-0.15, -0.1) is 0 Å². The van der Waals surface area contributed by atoms with Crippen LogP contribution >= 0.6 is 0 Å². The molecule has 0 atom stereocenters. The summed E-state index contributed by atoms with van der Waals surface area (Å²) in [5.41, 5.74) is 8.59. The number of carbonyl (C=O) groups is 1. The minimum Gasteiger partial charge on any atom is -0.409 e. The number of amidine groups is 1. The minimum absolute atomic E-state index is 0.0729. The highest BCUT2D eigenvalue weighted by Gasteiger charge is 2.13. The molecule has 1 amide bonds. The minimum atomic E-state index is -0.109. The van der Waals surface area contributed by atoms with Crippen LogP contribution in [0.2, 0.25) is 0 Å². The fourth-order valence-corrected chi connectivity index (χ4v) is 2.00. The van der Waals surface area contributed by atoms with Crippen LogP contribution in [0.4, 0.5) is 0 Å². The van der Waals surface area contributed by atoms with Crippen LogP contribution < -0.4 is 5.73 Å². The number of nitrogens with two attached hydrogens (primary N) is 1. The molecule has 7 nitrogen and oxygen atoms in total. The van der Waals surface area contributed by atoms with Gasteiger partial charge in [-0.1, -0.05) is 27.5 Å². The second kappa shape index (κ2) is 8.02. The molecule has 0 saturated heterocycles. The van der Waals surface area contributed by atoms with E-state index in [1.807, 2.05) is 32.0 Å². The molecule has 0 fully saturated rings. The number of hydrogen-bond donors (Lipinski definition) is 2. The summed E-state index contributed by atoms with van der Waals surface area (Å²) in [6.07, 6.45) is 0. The van der Waals surface area contributed by atoms with Gasteiger partial charge < -0.3 is 20.7 Å². The van der Waals surface area contributed by atoms with Crippen LogP contribution in [0, 0.1) is 13.8 Å². The number of aryl methyl sites for hydroxylation is 2. The summed E-state index contributed by atoms with van der Waals surface area (Å²) < 4.78 is 0. The lowest BCUT2D eigenvalue weighted by molar-refractivity contribution is 0.0812. The van der Waals surface area contributed by atoms with Crippen molar-refractivity contribution in [3.8, 4) is 0 Å². The zero-order valence-electron chi connectivity index (χ0n) is 13.3. The number of hydrogen-bond acceptors (Lipinski definition) is 5. The number of carbonyl (C=O) groups excluding carboxylic acids is 1. The molecule has 0 radical (unpaired) electrons. The molecule has 0 saturated carbocycles. The van der Waals surface area contributed by atoms with Crippen molar-refractivity contribution in [1.29, 1.82) is 0 Å². The quantitative estimate of drug-likeness (QED) is 0.360. The summed E-state index contributed by atoms with van der Waals surface area (Å²) in [7, 11) is 1.70. The first-order chi connectivity index (χ1) is 10.3. The summed E-state index contributed by atoms with van der Waals surface area (Å²) >= 11 is 0. The van der Waals surface area contributed by atoms with Gasteiger partial charge in [-0.25, -0.2) is 0 Å². The Kier molecular flexibility index (Phi) is 6.37. The van der Waals surface area contributed by atoms with Crippen LogP contribution in [0.25, 0.3) is 0 Å². The molecule has 0 spiro atoms. The van der Waals surface area contributed by atoms with Gasteiger partial charge in [-0.2, -0.15) is 0 Å². The molecule has 1 aromatic rings. The van der Waals surface area contributed by atoms with Gasteiger partial charge in [0.05, 0.1) is 12.3 Å². The van der Waals surface area contributed by atoms with Gasteiger partial charge in [0.25, 0.3) is 5.91 Å². The maximum Gasteiger partial charge on any atom is 0.253 e. The van der Waals surface area contributed by atoms with Crippen molar-refractivity contribution in [3.05, 3.63) is 34.9 Å². The number of benzene rings is 1. The van der Waals surface area contributed by atoms with E-state index in [2.05, 4.69) is 10.3 Å². The molecular weight excluding hydrogens is 284 g/mol. The van der Waals surface area contributed by atoms with Gasteiger partial charge in [0, 0.05) is 12.6 Å².